The first kappa shape index (κ1) is 21.8. The molecule has 28 heavy (non-hydrogen) atoms. The third-order valence-electron chi connectivity index (χ3n) is 3.22. The quantitative estimate of drug-likeness (QED) is 0.296. The summed E-state index contributed by atoms with van der Waals surface area (Å²) in [5.41, 5.74) is -8.44. The molecule has 2 aromatic rings. The van der Waals surface area contributed by atoms with Gasteiger partial charge in [0.1, 0.15) is 0 Å². The summed E-state index contributed by atoms with van der Waals surface area (Å²) in [5, 5.41) is -2.54. The van der Waals surface area contributed by atoms with E-state index in [9.17, 15) is 38.8 Å². The molecule has 0 aliphatic rings. The van der Waals surface area contributed by atoms with E-state index in [4.69, 9.17) is 0 Å². The van der Waals surface area contributed by atoms with Crippen LogP contribution >= 0.6 is 0 Å². The van der Waals surface area contributed by atoms with Crippen LogP contribution in [0.4, 0.5) is 22.0 Å². The zero-order chi connectivity index (χ0) is 21.2. The highest BCUT2D eigenvalue weighted by atomic mass is 32.2. The molecule has 0 heterocycles. The predicted octanol–water partition coefficient (Wildman–Crippen LogP) is 3.32. The van der Waals surface area contributed by atoms with E-state index in [0.717, 1.165) is 48.5 Å². The number of rotatable bonds is 6. The molecule has 2 rings (SSSR count). The Balaban J connectivity index is 2.64. The van der Waals surface area contributed by atoms with Crippen LogP contribution in [0.5, 0.6) is 0 Å². The lowest BCUT2D eigenvalue weighted by atomic mass is 10.1. The van der Waals surface area contributed by atoms with Gasteiger partial charge in [0.25, 0.3) is 0 Å². The van der Waals surface area contributed by atoms with Crippen molar-refractivity contribution in [1.82, 2.24) is 0 Å². The molecule has 0 aliphatic carbocycles. The fourth-order valence-corrected chi connectivity index (χ4v) is 3.35. The molecule has 0 fully saturated rings. The SMILES string of the molecule is O=S(=O)(ON=C(c1ccccc1)C(F)(F)S(=O)(=O)c1ccccc1)C(F)(F)F. The van der Waals surface area contributed by atoms with Crippen molar-refractivity contribution in [1.29, 1.82) is 0 Å². The second kappa shape index (κ2) is 7.47. The van der Waals surface area contributed by atoms with Gasteiger partial charge >= 0.3 is 20.9 Å². The molecule has 0 N–H and O–H groups in total. The molecule has 0 radical (unpaired) electrons. The second-order valence-electron chi connectivity index (χ2n) is 5.11. The van der Waals surface area contributed by atoms with Crippen molar-refractivity contribution in [3.05, 3.63) is 66.2 Å². The Labute approximate surface area is 156 Å². The first-order chi connectivity index (χ1) is 12.8. The summed E-state index contributed by atoms with van der Waals surface area (Å²) in [5.74, 6) is 0. The topological polar surface area (TPSA) is 89.9 Å². The van der Waals surface area contributed by atoms with Crippen molar-refractivity contribution in [2.24, 2.45) is 5.16 Å². The van der Waals surface area contributed by atoms with Crippen LogP contribution in [-0.4, -0.2) is 33.3 Å². The van der Waals surface area contributed by atoms with Crippen LogP contribution in [0.3, 0.4) is 0 Å². The van der Waals surface area contributed by atoms with Gasteiger partial charge < -0.3 is 0 Å². The lowest BCUT2D eigenvalue weighted by Gasteiger charge is -2.19. The van der Waals surface area contributed by atoms with E-state index in [2.05, 4.69) is 9.44 Å². The largest absolute Gasteiger partial charge is 0.536 e. The van der Waals surface area contributed by atoms with E-state index in [0.29, 0.717) is 0 Å². The molecule has 6 nitrogen and oxygen atoms in total. The van der Waals surface area contributed by atoms with Gasteiger partial charge in [-0.05, 0) is 12.1 Å². The van der Waals surface area contributed by atoms with Crippen LogP contribution in [0, 0.1) is 0 Å². The average molecular weight is 443 g/mol. The monoisotopic (exact) mass is 443 g/mol. The highest BCUT2D eigenvalue weighted by Gasteiger charge is 2.54. The van der Waals surface area contributed by atoms with Gasteiger partial charge in [-0.3, -0.25) is 4.28 Å². The zero-order valence-electron chi connectivity index (χ0n) is 13.5. The summed E-state index contributed by atoms with van der Waals surface area (Å²) in [6.07, 6.45) is 0. The number of benzene rings is 2. The number of oxime groups is 1. The van der Waals surface area contributed by atoms with Crippen LogP contribution in [0.15, 0.2) is 70.7 Å². The number of hydrogen-bond acceptors (Lipinski definition) is 6. The molecular formula is C15H10F5NO5S2. The molecule has 0 amide bonds. The number of sulfone groups is 1. The Kier molecular flexibility index (Phi) is 5.80. The average Bonchev–Trinajstić information content (AvgIpc) is 2.62. The smallest absolute Gasteiger partial charge is 0.261 e. The van der Waals surface area contributed by atoms with Crippen molar-refractivity contribution in [2.75, 3.05) is 0 Å². The molecule has 0 bridgehead atoms. The maximum absolute atomic E-state index is 14.8. The Morgan fingerprint density at radius 1 is 0.786 bits per heavy atom. The minimum Gasteiger partial charge on any atom is -0.261 e. The first-order valence-electron chi connectivity index (χ1n) is 7.12. The van der Waals surface area contributed by atoms with Gasteiger partial charge in [-0.2, -0.15) is 30.4 Å². The number of nitrogens with zero attached hydrogens (tertiary/aromatic N) is 1. The normalized spacial score (nSPS) is 14.0. The van der Waals surface area contributed by atoms with Gasteiger partial charge in [0, 0.05) is 5.56 Å². The van der Waals surface area contributed by atoms with E-state index < -0.39 is 46.9 Å². The Hall–Kier alpha value is -2.54. The maximum Gasteiger partial charge on any atom is 0.536 e. The number of alkyl halides is 5. The lowest BCUT2D eigenvalue weighted by Crippen LogP contribution is -2.39. The van der Waals surface area contributed by atoms with Gasteiger partial charge in [0.05, 0.1) is 4.90 Å². The van der Waals surface area contributed by atoms with Crippen LogP contribution in [-0.2, 0) is 24.2 Å². The van der Waals surface area contributed by atoms with E-state index >= 15 is 0 Å². The Morgan fingerprint density at radius 2 is 1.25 bits per heavy atom. The van der Waals surface area contributed by atoms with E-state index in [1.807, 2.05) is 0 Å². The third-order valence-corrected chi connectivity index (χ3v) is 5.82. The maximum atomic E-state index is 14.8. The third kappa shape index (κ3) is 4.14. The van der Waals surface area contributed by atoms with Crippen molar-refractivity contribution < 1.29 is 43.1 Å². The zero-order valence-corrected chi connectivity index (χ0v) is 15.1. The summed E-state index contributed by atoms with van der Waals surface area (Å²) >= 11 is 0. The summed E-state index contributed by atoms with van der Waals surface area (Å²) < 4.78 is 117. The van der Waals surface area contributed by atoms with Crippen LogP contribution in [0.1, 0.15) is 5.56 Å². The number of halogens is 5. The molecule has 13 heteroatoms. The summed E-state index contributed by atoms with van der Waals surface area (Å²) in [6.45, 7) is 0. The van der Waals surface area contributed by atoms with Crippen molar-refractivity contribution in [2.45, 2.75) is 15.7 Å². The fourth-order valence-electron chi connectivity index (χ4n) is 1.87. The molecule has 0 aliphatic heterocycles. The molecule has 0 unspecified atom stereocenters. The van der Waals surface area contributed by atoms with E-state index in [-0.39, 0.29) is 0 Å². The predicted molar refractivity (Wildman–Crippen MR) is 87.6 cm³/mol. The molecule has 2 aromatic carbocycles. The van der Waals surface area contributed by atoms with Gasteiger partial charge in [-0.1, -0.05) is 53.7 Å². The van der Waals surface area contributed by atoms with Crippen LogP contribution in [0.25, 0.3) is 0 Å². The van der Waals surface area contributed by atoms with Crippen LogP contribution in [0.2, 0.25) is 0 Å². The number of hydrogen-bond donors (Lipinski definition) is 0. The Bertz CT molecular complexity index is 1070. The standard InChI is InChI=1S/C15H10F5NO5S2/c16-14(17,27(22,23)12-9-5-2-6-10-12)13(11-7-3-1-4-8-11)21-26-28(24,25)15(18,19)20/h1-10H. The summed E-state index contributed by atoms with van der Waals surface area (Å²) in [6, 6.07) is 10.8. The summed E-state index contributed by atoms with van der Waals surface area (Å²) in [4.78, 5) is -0.859. The highest BCUT2D eigenvalue weighted by Crippen LogP contribution is 2.34. The van der Waals surface area contributed by atoms with E-state index in [1.54, 1.807) is 0 Å². The minimum absolute atomic E-state index is 0.663. The van der Waals surface area contributed by atoms with Crippen molar-refractivity contribution in [3.63, 3.8) is 0 Å². The molecule has 0 saturated heterocycles. The minimum atomic E-state index is -6.39. The lowest BCUT2D eigenvalue weighted by molar-refractivity contribution is -0.0542. The highest BCUT2D eigenvalue weighted by molar-refractivity contribution is 7.93. The Morgan fingerprint density at radius 3 is 1.71 bits per heavy atom. The van der Waals surface area contributed by atoms with Gasteiger partial charge in [-0.15, -0.1) is 0 Å². The molecule has 0 saturated carbocycles. The fraction of sp³-hybridized carbons (Fsp3) is 0.133. The molecule has 152 valence electrons. The molecule has 0 aromatic heterocycles. The first-order valence-corrected chi connectivity index (χ1v) is 10.0. The van der Waals surface area contributed by atoms with Crippen LogP contribution < -0.4 is 0 Å². The van der Waals surface area contributed by atoms with Crippen molar-refractivity contribution >= 4 is 25.7 Å². The van der Waals surface area contributed by atoms with Crippen molar-refractivity contribution in [3.8, 4) is 0 Å². The second-order valence-corrected chi connectivity index (χ2v) is 8.62. The van der Waals surface area contributed by atoms with Gasteiger partial charge in [0.2, 0.25) is 9.84 Å². The molecular weight excluding hydrogens is 433 g/mol. The van der Waals surface area contributed by atoms with Gasteiger partial charge in [0.15, 0.2) is 5.71 Å². The molecule has 0 atom stereocenters. The van der Waals surface area contributed by atoms with E-state index in [1.165, 1.54) is 12.1 Å². The van der Waals surface area contributed by atoms with Gasteiger partial charge in [-0.25, -0.2) is 8.42 Å². The summed E-state index contributed by atoms with van der Waals surface area (Å²) in [7, 11) is -11.9. The molecule has 0 spiro atoms.